The van der Waals surface area contributed by atoms with E-state index in [-0.39, 0.29) is 11.3 Å². The smallest absolute Gasteiger partial charge is 0.255 e. The van der Waals surface area contributed by atoms with Crippen molar-refractivity contribution in [2.75, 3.05) is 32.8 Å². The molecule has 2 aliphatic heterocycles. The normalized spacial score (nSPS) is 26.5. The Morgan fingerprint density at radius 2 is 2.17 bits per heavy atom. The quantitative estimate of drug-likeness (QED) is 0.919. The van der Waals surface area contributed by atoms with E-state index in [1.54, 1.807) is 12.4 Å². The van der Waals surface area contributed by atoms with Crippen molar-refractivity contribution >= 4 is 5.91 Å². The molecule has 2 aliphatic rings. The van der Waals surface area contributed by atoms with Gasteiger partial charge in [0.15, 0.2) is 0 Å². The van der Waals surface area contributed by atoms with Crippen molar-refractivity contribution in [1.82, 2.24) is 14.8 Å². The molecule has 2 saturated heterocycles. The van der Waals surface area contributed by atoms with Gasteiger partial charge in [0.05, 0.1) is 5.56 Å². The molecule has 5 heteroatoms. The zero-order valence-electron chi connectivity index (χ0n) is 14.7. The summed E-state index contributed by atoms with van der Waals surface area (Å²) in [5.74, 6) is 0.0958. The summed E-state index contributed by atoms with van der Waals surface area (Å²) >= 11 is 0. The Labute approximate surface area is 144 Å². The van der Waals surface area contributed by atoms with Crippen LogP contribution in [0.2, 0.25) is 0 Å². The molecule has 0 radical (unpaired) electrons. The number of aromatic nitrogens is 1. The Hall–Kier alpha value is -1.46. The second kappa shape index (κ2) is 7.62. The van der Waals surface area contributed by atoms with Gasteiger partial charge in [0, 0.05) is 50.1 Å². The summed E-state index contributed by atoms with van der Waals surface area (Å²) in [7, 11) is 0. The Kier molecular flexibility index (Phi) is 5.51. The number of aliphatic hydroxyl groups excluding tert-OH is 1. The number of amides is 1. The highest BCUT2D eigenvalue weighted by Gasteiger charge is 2.37. The van der Waals surface area contributed by atoms with Crippen molar-refractivity contribution < 1.29 is 9.90 Å². The number of likely N-dealkylation sites (tertiary alicyclic amines) is 2. The van der Waals surface area contributed by atoms with Crippen LogP contribution in [0.15, 0.2) is 24.5 Å². The van der Waals surface area contributed by atoms with E-state index in [2.05, 4.69) is 16.8 Å². The summed E-state index contributed by atoms with van der Waals surface area (Å²) in [6.07, 6.45) is 8.74. The second-order valence-electron chi connectivity index (χ2n) is 7.35. The van der Waals surface area contributed by atoms with Gasteiger partial charge in [0.2, 0.25) is 0 Å². The van der Waals surface area contributed by atoms with E-state index < -0.39 is 0 Å². The van der Waals surface area contributed by atoms with Crippen LogP contribution < -0.4 is 0 Å². The molecule has 1 unspecified atom stereocenters. The summed E-state index contributed by atoms with van der Waals surface area (Å²) in [6, 6.07) is 4.19. The van der Waals surface area contributed by atoms with Crippen LogP contribution in [0.25, 0.3) is 0 Å². The number of carbonyl (C=O) groups excluding carboxylic acids is 1. The van der Waals surface area contributed by atoms with Crippen molar-refractivity contribution in [2.45, 2.75) is 45.1 Å². The molecule has 1 aromatic heterocycles. The van der Waals surface area contributed by atoms with Gasteiger partial charge in [0.1, 0.15) is 0 Å². The van der Waals surface area contributed by atoms with Gasteiger partial charge in [-0.1, -0.05) is 6.92 Å². The predicted octanol–water partition coefficient (Wildman–Crippen LogP) is 2.17. The Bertz CT molecular complexity index is 537. The fraction of sp³-hybridized carbons (Fsp3) is 0.684. The van der Waals surface area contributed by atoms with Crippen molar-refractivity contribution in [3.05, 3.63) is 30.1 Å². The molecule has 1 amide bonds. The summed E-state index contributed by atoms with van der Waals surface area (Å²) in [4.78, 5) is 21.1. The summed E-state index contributed by atoms with van der Waals surface area (Å²) in [5, 5.41) is 9.81. The molecule has 5 nitrogen and oxygen atoms in total. The van der Waals surface area contributed by atoms with Crippen LogP contribution in [0.4, 0.5) is 0 Å². The lowest BCUT2D eigenvalue weighted by molar-refractivity contribution is -0.00404. The number of rotatable bonds is 4. The molecule has 0 bridgehead atoms. The van der Waals surface area contributed by atoms with Crippen LogP contribution >= 0.6 is 0 Å². The lowest BCUT2D eigenvalue weighted by Gasteiger charge is -2.46. The van der Waals surface area contributed by atoms with Gasteiger partial charge in [-0.05, 0) is 50.8 Å². The van der Waals surface area contributed by atoms with Crippen molar-refractivity contribution in [3.8, 4) is 0 Å². The van der Waals surface area contributed by atoms with Gasteiger partial charge >= 0.3 is 0 Å². The third-order valence-corrected chi connectivity index (χ3v) is 5.95. The number of hydrogen-bond donors (Lipinski definition) is 1. The molecule has 1 aromatic rings. The highest BCUT2D eigenvalue weighted by molar-refractivity contribution is 5.93. The van der Waals surface area contributed by atoms with E-state index in [1.165, 1.54) is 6.42 Å². The average molecular weight is 331 g/mol. The molecule has 0 aromatic carbocycles. The van der Waals surface area contributed by atoms with Crippen LogP contribution in [0.3, 0.4) is 0 Å². The maximum Gasteiger partial charge on any atom is 0.255 e. The Morgan fingerprint density at radius 3 is 2.79 bits per heavy atom. The molecule has 0 saturated carbocycles. The molecule has 3 rings (SSSR count). The van der Waals surface area contributed by atoms with Crippen LogP contribution in [-0.2, 0) is 0 Å². The van der Waals surface area contributed by atoms with Crippen LogP contribution in [0, 0.1) is 5.41 Å². The average Bonchev–Trinajstić information content (AvgIpc) is 2.68. The number of aliphatic hydroxyl groups is 1. The number of pyridine rings is 1. The first-order valence-corrected chi connectivity index (χ1v) is 9.22. The van der Waals surface area contributed by atoms with E-state index in [1.807, 2.05) is 17.0 Å². The first-order chi connectivity index (χ1) is 11.7. The van der Waals surface area contributed by atoms with Crippen molar-refractivity contribution in [1.29, 1.82) is 0 Å². The zero-order valence-corrected chi connectivity index (χ0v) is 14.7. The molecule has 132 valence electrons. The molecule has 0 aliphatic carbocycles. The minimum absolute atomic E-state index is 0.0842. The molecule has 24 heavy (non-hydrogen) atoms. The third kappa shape index (κ3) is 3.62. The molecular weight excluding hydrogens is 302 g/mol. The van der Waals surface area contributed by atoms with E-state index in [0.717, 1.165) is 51.9 Å². The maximum atomic E-state index is 12.5. The van der Waals surface area contributed by atoms with Gasteiger partial charge in [-0.25, -0.2) is 0 Å². The monoisotopic (exact) mass is 331 g/mol. The first-order valence-electron chi connectivity index (χ1n) is 9.22. The van der Waals surface area contributed by atoms with Gasteiger partial charge in [0.25, 0.3) is 5.91 Å². The minimum atomic E-state index is 0.0842. The van der Waals surface area contributed by atoms with Crippen molar-refractivity contribution in [3.63, 3.8) is 0 Å². The van der Waals surface area contributed by atoms with Gasteiger partial charge in [-0.15, -0.1) is 0 Å². The second-order valence-corrected chi connectivity index (χ2v) is 7.35. The highest BCUT2D eigenvalue weighted by atomic mass is 16.3. The van der Waals surface area contributed by atoms with E-state index in [4.69, 9.17) is 0 Å². The number of carbonyl (C=O) groups is 1. The fourth-order valence-corrected chi connectivity index (χ4v) is 4.19. The van der Waals surface area contributed by atoms with Gasteiger partial charge < -0.3 is 10.0 Å². The molecule has 1 atom stereocenters. The number of hydrogen-bond acceptors (Lipinski definition) is 4. The van der Waals surface area contributed by atoms with E-state index in [0.29, 0.717) is 18.2 Å². The topological polar surface area (TPSA) is 56.7 Å². The molecule has 2 fully saturated rings. The summed E-state index contributed by atoms with van der Waals surface area (Å²) in [6.45, 7) is 6.23. The van der Waals surface area contributed by atoms with Crippen LogP contribution in [0.5, 0.6) is 0 Å². The predicted molar refractivity (Wildman–Crippen MR) is 93.8 cm³/mol. The van der Waals surface area contributed by atoms with E-state index >= 15 is 0 Å². The largest absolute Gasteiger partial charge is 0.396 e. The van der Waals surface area contributed by atoms with Crippen LogP contribution in [0.1, 0.15) is 49.4 Å². The fourth-order valence-electron chi connectivity index (χ4n) is 4.19. The molecule has 1 N–H and O–H groups in total. The SMILES string of the molecule is CCC1(CO)CCCN(C2CCN(C(=O)c3cccnc3)CC2)C1. The Morgan fingerprint density at radius 1 is 1.38 bits per heavy atom. The number of piperidine rings is 2. The molecule has 0 spiro atoms. The van der Waals surface area contributed by atoms with Gasteiger partial charge in [-0.2, -0.15) is 0 Å². The highest BCUT2D eigenvalue weighted by Crippen LogP contribution is 2.35. The zero-order chi connectivity index (χ0) is 17.0. The third-order valence-electron chi connectivity index (χ3n) is 5.95. The Balaban J connectivity index is 1.56. The number of nitrogens with zero attached hydrogens (tertiary/aromatic N) is 3. The van der Waals surface area contributed by atoms with Crippen LogP contribution in [-0.4, -0.2) is 64.6 Å². The first kappa shape index (κ1) is 17.4. The van der Waals surface area contributed by atoms with Crippen molar-refractivity contribution in [2.24, 2.45) is 5.41 Å². The maximum absolute atomic E-state index is 12.5. The van der Waals surface area contributed by atoms with Gasteiger partial charge in [-0.3, -0.25) is 14.7 Å². The summed E-state index contributed by atoms with van der Waals surface area (Å²) in [5.41, 5.74) is 0.764. The van der Waals surface area contributed by atoms with E-state index in [9.17, 15) is 9.90 Å². The molecular formula is C19H29N3O2. The standard InChI is InChI=1S/C19H29N3O2/c1-2-19(15-23)8-4-10-22(14-19)17-6-11-21(12-7-17)18(24)16-5-3-9-20-13-16/h3,5,9,13,17,23H,2,4,6-8,10-12,14-15H2,1H3. The molecule has 3 heterocycles. The summed E-state index contributed by atoms with van der Waals surface area (Å²) < 4.78 is 0. The minimum Gasteiger partial charge on any atom is -0.396 e. The lowest BCUT2D eigenvalue weighted by Crippen LogP contribution is -2.53. The lowest BCUT2D eigenvalue weighted by atomic mass is 9.77.